The molecule has 5 nitrogen and oxygen atoms in total. The summed E-state index contributed by atoms with van der Waals surface area (Å²) in [5, 5.41) is 8.89. The van der Waals surface area contributed by atoms with E-state index in [0.717, 1.165) is 0 Å². The van der Waals surface area contributed by atoms with E-state index in [0.29, 0.717) is 16.7 Å². The van der Waals surface area contributed by atoms with Crippen molar-refractivity contribution in [2.45, 2.75) is 13.8 Å². The van der Waals surface area contributed by atoms with Crippen molar-refractivity contribution in [2.75, 3.05) is 0 Å². The number of hydrogen-bond acceptors (Lipinski definition) is 4. The molecule has 0 aliphatic rings. The standard InChI is InChI=1S/C12H10N2O3/c1-12(2,6-13)10(15)7-3-4-8-9(5-7)17-11(16)14-8/h3-5H,1-2H3,(H,14,16). The van der Waals surface area contributed by atoms with Gasteiger partial charge in [-0.25, -0.2) is 4.79 Å². The minimum absolute atomic E-state index is 0.300. The minimum atomic E-state index is -1.09. The third-order valence-corrected chi connectivity index (χ3v) is 2.53. The van der Waals surface area contributed by atoms with Crippen molar-refractivity contribution in [3.63, 3.8) is 0 Å². The molecule has 1 aromatic carbocycles. The molecular formula is C12H10N2O3. The van der Waals surface area contributed by atoms with E-state index in [-0.39, 0.29) is 5.78 Å². The first-order valence-electron chi connectivity index (χ1n) is 5.03. The van der Waals surface area contributed by atoms with E-state index in [1.165, 1.54) is 6.07 Å². The molecule has 0 bridgehead atoms. The molecular weight excluding hydrogens is 220 g/mol. The summed E-state index contributed by atoms with van der Waals surface area (Å²) in [6.45, 7) is 3.10. The topological polar surface area (TPSA) is 86.9 Å². The Morgan fingerprint density at radius 1 is 1.47 bits per heavy atom. The maximum atomic E-state index is 12.0. The average molecular weight is 230 g/mol. The molecule has 2 aromatic rings. The predicted molar refractivity (Wildman–Crippen MR) is 60.6 cm³/mol. The molecule has 17 heavy (non-hydrogen) atoms. The summed E-state index contributed by atoms with van der Waals surface area (Å²) in [6, 6.07) is 6.56. The number of oxazole rings is 1. The van der Waals surface area contributed by atoms with Gasteiger partial charge in [-0.1, -0.05) is 0 Å². The van der Waals surface area contributed by atoms with Crippen molar-refractivity contribution in [1.82, 2.24) is 4.98 Å². The summed E-state index contributed by atoms with van der Waals surface area (Å²) >= 11 is 0. The van der Waals surface area contributed by atoms with Crippen LogP contribution in [0.4, 0.5) is 0 Å². The van der Waals surface area contributed by atoms with E-state index >= 15 is 0 Å². The number of ketones is 1. The predicted octanol–water partition coefficient (Wildman–Crippen LogP) is 1.85. The Bertz CT molecular complexity index is 686. The number of rotatable bonds is 2. The van der Waals surface area contributed by atoms with Crippen molar-refractivity contribution in [1.29, 1.82) is 5.26 Å². The van der Waals surface area contributed by atoms with Crippen molar-refractivity contribution < 1.29 is 9.21 Å². The Balaban J connectivity index is 2.54. The van der Waals surface area contributed by atoms with E-state index in [4.69, 9.17) is 9.68 Å². The Morgan fingerprint density at radius 3 is 2.82 bits per heavy atom. The third kappa shape index (κ3) is 1.85. The number of Topliss-reactive ketones (excluding diaryl/α,β-unsaturated/α-hetero) is 1. The van der Waals surface area contributed by atoms with Crippen LogP contribution in [0.5, 0.6) is 0 Å². The Morgan fingerprint density at radius 2 is 2.18 bits per heavy atom. The van der Waals surface area contributed by atoms with E-state index < -0.39 is 11.2 Å². The van der Waals surface area contributed by atoms with E-state index in [1.54, 1.807) is 26.0 Å². The molecule has 1 heterocycles. The highest BCUT2D eigenvalue weighted by Crippen LogP contribution is 2.22. The Hall–Kier alpha value is -2.35. The van der Waals surface area contributed by atoms with Crippen LogP contribution in [0, 0.1) is 16.7 Å². The zero-order chi connectivity index (χ0) is 12.6. The monoisotopic (exact) mass is 230 g/mol. The molecule has 0 aliphatic carbocycles. The first-order chi connectivity index (χ1) is 7.94. The fourth-order valence-corrected chi connectivity index (χ4v) is 1.50. The molecule has 2 rings (SSSR count). The number of benzene rings is 1. The van der Waals surface area contributed by atoms with E-state index in [2.05, 4.69) is 4.98 Å². The molecule has 0 amide bonds. The maximum Gasteiger partial charge on any atom is 0.417 e. The number of nitrogens with one attached hydrogen (secondary N) is 1. The largest absolute Gasteiger partial charge is 0.417 e. The molecule has 1 aromatic heterocycles. The van der Waals surface area contributed by atoms with Gasteiger partial charge < -0.3 is 4.42 Å². The third-order valence-electron chi connectivity index (χ3n) is 2.53. The normalized spacial score (nSPS) is 11.4. The van der Waals surface area contributed by atoms with Gasteiger partial charge in [0.2, 0.25) is 0 Å². The Kier molecular flexibility index (Phi) is 2.36. The number of aromatic amines is 1. The lowest BCUT2D eigenvalue weighted by Gasteiger charge is -2.12. The number of aromatic nitrogens is 1. The fourth-order valence-electron chi connectivity index (χ4n) is 1.50. The molecule has 0 fully saturated rings. The smallest absolute Gasteiger partial charge is 0.408 e. The second kappa shape index (κ2) is 3.59. The van der Waals surface area contributed by atoms with Gasteiger partial charge in [0.1, 0.15) is 5.41 Å². The number of H-pyrrole nitrogens is 1. The number of nitrogens with zero attached hydrogens (tertiary/aromatic N) is 1. The van der Waals surface area contributed by atoms with Crippen LogP contribution >= 0.6 is 0 Å². The van der Waals surface area contributed by atoms with Gasteiger partial charge in [0, 0.05) is 5.56 Å². The average Bonchev–Trinajstić information content (AvgIpc) is 2.66. The number of carbonyl (C=O) groups excluding carboxylic acids is 1. The van der Waals surface area contributed by atoms with Crippen LogP contribution in [0.1, 0.15) is 24.2 Å². The molecule has 0 unspecified atom stereocenters. The van der Waals surface area contributed by atoms with E-state index in [1.807, 2.05) is 6.07 Å². The first-order valence-corrected chi connectivity index (χ1v) is 5.03. The van der Waals surface area contributed by atoms with Crippen LogP contribution in [-0.4, -0.2) is 10.8 Å². The molecule has 0 aliphatic heterocycles. The SMILES string of the molecule is CC(C)(C#N)C(=O)c1ccc2[nH]c(=O)oc2c1. The molecule has 0 atom stereocenters. The van der Waals surface area contributed by atoms with Gasteiger partial charge in [0.05, 0.1) is 11.6 Å². The van der Waals surface area contributed by atoms with E-state index in [9.17, 15) is 9.59 Å². The lowest BCUT2D eigenvalue weighted by molar-refractivity contribution is 0.0892. The molecule has 0 spiro atoms. The van der Waals surface area contributed by atoms with Gasteiger partial charge in [-0.2, -0.15) is 5.26 Å². The van der Waals surface area contributed by atoms with Crippen molar-refractivity contribution in [2.24, 2.45) is 5.41 Å². The summed E-state index contributed by atoms with van der Waals surface area (Å²) in [7, 11) is 0. The van der Waals surface area contributed by atoms with Crippen molar-refractivity contribution >= 4 is 16.9 Å². The van der Waals surface area contributed by atoms with Gasteiger partial charge in [0.15, 0.2) is 11.4 Å². The number of carbonyl (C=O) groups is 1. The van der Waals surface area contributed by atoms with Crippen molar-refractivity contribution in [3.8, 4) is 6.07 Å². The van der Waals surface area contributed by atoms with Gasteiger partial charge in [0.25, 0.3) is 0 Å². The second-order valence-corrected chi connectivity index (χ2v) is 4.29. The molecule has 86 valence electrons. The zero-order valence-electron chi connectivity index (χ0n) is 9.40. The highest BCUT2D eigenvalue weighted by Gasteiger charge is 2.28. The maximum absolute atomic E-state index is 12.0. The summed E-state index contributed by atoms with van der Waals surface area (Å²) in [4.78, 5) is 25.4. The van der Waals surface area contributed by atoms with Crippen molar-refractivity contribution in [3.05, 3.63) is 34.3 Å². The summed E-state index contributed by atoms with van der Waals surface area (Å²) in [6.07, 6.45) is 0. The fraction of sp³-hybridized carbons (Fsp3) is 0.250. The highest BCUT2D eigenvalue weighted by molar-refractivity contribution is 6.03. The molecule has 0 radical (unpaired) electrons. The number of hydrogen-bond donors (Lipinski definition) is 1. The summed E-state index contributed by atoms with van der Waals surface area (Å²) < 4.78 is 4.86. The highest BCUT2D eigenvalue weighted by atomic mass is 16.4. The summed E-state index contributed by atoms with van der Waals surface area (Å²) in [5.41, 5.74) is 0.104. The molecule has 0 saturated carbocycles. The van der Waals surface area contributed by atoms with Crippen LogP contribution in [0.3, 0.4) is 0 Å². The van der Waals surface area contributed by atoms with Crippen LogP contribution in [0.2, 0.25) is 0 Å². The molecule has 5 heteroatoms. The Labute approximate surface area is 96.7 Å². The van der Waals surface area contributed by atoms with Gasteiger partial charge in [-0.3, -0.25) is 9.78 Å². The molecule has 1 N–H and O–H groups in total. The zero-order valence-corrected chi connectivity index (χ0v) is 9.40. The lowest BCUT2D eigenvalue weighted by Crippen LogP contribution is -2.22. The van der Waals surface area contributed by atoms with Crippen LogP contribution in [-0.2, 0) is 0 Å². The quantitative estimate of drug-likeness (QED) is 0.797. The first kappa shape index (κ1) is 11.1. The summed E-state index contributed by atoms with van der Waals surface area (Å²) in [5.74, 6) is -0.866. The second-order valence-electron chi connectivity index (χ2n) is 4.29. The van der Waals surface area contributed by atoms with Crippen LogP contribution < -0.4 is 5.76 Å². The van der Waals surface area contributed by atoms with Gasteiger partial charge >= 0.3 is 5.76 Å². The number of fused-ring (bicyclic) bond motifs is 1. The van der Waals surface area contributed by atoms with Crippen LogP contribution in [0.25, 0.3) is 11.1 Å². The number of nitriles is 1. The van der Waals surface area contributed by atoms with Crippen LogP contribution in [0.15, 0.2) is 27.4 Å². The molecule has 0 saturated heterocycles. The lowest BCUT2D eigenvalue weighted by atomic mass is 9.86. The minimum Gasteiger partial charge on any atom is -0.408 e. The van der Waals surface area contributed by atoms with Gasteiger partial charge in [-0.05, 0) is 32.0 Å². The van der Waals surface area contributed by atoms with Gasteiger partial charge in [-0.15, -0.1) is 0 Å².